The van der Waals surface area contributed by atoms with E-state index < -0.39 is 18.1 Å². The molecular weight excluding hydrogens is 308 g/mol. The molecule has 2 aliphatic rings. The molecule has 1 amide bonds. The second kappa shape index (κ2) is 7.32. The molecule has 1 N–H and O–H groups in total. The van der Waals surface area contributed by atoms with Crippen LogP contribution in [-0.2, 0) is 20.9 Å². The highest BCUT2D eigenvalue weighted by atomic mass is 16.5. The predicted octanol–water partition coefficient (Wildman–Crippen LogP) is 1.35. The fourth-order valence-corrected chi connectivity index (χ4v) is 3.16. The summed E-state index contributed by atoms with van der Waals surface area (Å²) >= 11 is 0. The van der Waals surface area contributed by atoms with E-state index in [0.717, 1.165) is 25.9 Å². The number of morpholine rings is 1. The van der Waals surface area contributed by atoms with Crippen LogP contribution in [-0.4, -0.2) is 64.7 Å². The van der Waals surface area contributed by atoms with E-state index in [9.17, 15) is 14.7 Å². The molecule has 1 aromatic carbocycles. The number of hydrogen-bond donors (Lipinski definition) is 1. The molecule has 24 heavy (non-hydrogen) atoms. The van der Waals surface area contributed by atoms with Crippen molar-refractivity contribution in [3.05, 3.63) is 35.9 Å². The summed E-state index contributed by atoms with van der Waals surface area (Å²) < 4.78 is 5.67. The first-order valence-electron chi connectivity index (χ1n) is 8.49. The van der Waals surface area contributed by atoms with Crippen LogP contribution in [0.15, 0.2) is 30.3 Å². The molecule has 6 heteroatoms. The molecule has 0 radical (unpaired) electrons. The van der Waals surface area contributed by atoms with Crippen LogP contribution in [0, 0.1) is 0 Å². The maximum atomic E-state index is 12.8. The van der Waals surface area contributed by atoms with Crippen LogP contribution in [0.2, 0.25) is 0 Å². The Balaban J connectivity index is 1.64. The van der Waals surface area contributed by atoms with Crippen molar-refractivity contribution in [3.63, 3.8) is 0 Å². The molecule has 1 aliphatic heterocycles. The van der Waals surface area contributed by atoms with Crippen LogP contribution in [0.4, 0.5) is 0 Å². The summed E-state index contributed by atoms with van der Waals surface area (Å²) in [5.74, 6) is -1.16. The van der Waals surface area contributed by atoms with E-state index in [4.69, 9.17) is 4.74 Å². The zero-order valence-electron chi connectivity index (χ0n) is 13.9. The van der Waals surface area contributed by atoms with Crippen molar-refractivity contribution in [2.75, 3.05) is 19.7 Å². The molecule has 1 aliphatic carbocycles. The number of carbonyl (C=O) groups excluding carboxylic acids is 1. The topological polar surface area (TPSA) is 70.1 Å². The number of ether oxygens (including phenoxy) is 1. The third-order valence-corrected chi connectivity index (χ3v) is 4.64. The Hall–Kier alpha value is -1.92. The summed E-state index contributed by atoms with van der Waals surface area (Å²) in [6, 6.07) is 9.36. The van der Waals surface area contributed by atoms with Gasteiger partial charge in [0.2, 0.25) is 0 Å². The summed E-state index contributed by atoms with van der Waals surface area (Å²) in [6.07, 6.45) is 1.18. The second-order valence-corrected chi connectivity index (χ2v) is 6.57. The van der Waals surface area contributed by atoms with Crippen LogP contribution >= 0.6 is 0 Å². The molecule has 1 saturated heterocycles. The van der Waals surface area contributed by atoms with Gasteiger partial charge in [-0.15, -0.1) is 0 Å². The zero-order chi connectivity index (χ0) is 17.1. The lowest BCUT2D eigenvalue weighted by molar-refractivity contribution is -0.159. The number of carboxylic acid groups (broad SMARTS) is 1. The molecule has 6 nitrogen and oxygen atoms in total. The van der Waals surface area contributed by atoms with Crippen molar-refractivity contribution in [1.82, 2.24) is 9.80 Å². The van der Waals surface area contributed by atoms with Gasteiger partial charge >= 0.3 is 5.97 Å². The van der Waals surface area contributed by atoms with Gasteiger partial charge in [0.05, 0.1) is 6.61 Å². The molecule has 1 saturated carbocycles. The minimum absolute atomic E-state index is 0.0525. The largest absolute Gasteiger partial charge is 0.480 e. The summed E-state index contributed by atoms with van der Waals surface area (Å²) in [4.78, 5) is 27.9. The van der Waals surface area contributed by atoms with E-state index in [1.54, 1.807) is 6.92 Å². The molecule has 2 fully saturated rings. The Morgan fingerprint density at radius 2 is 2.04 bits per heavy atom. The highest BCUT2D eigenvalue weighted by molar-refractivity contribution is 5.87. The Kier molecular flexibility index (Phi) is 5.16. The molecule has 130 valence electrons. The number of benzene rings is 1. The maximum Gasteiger partial charge on any atom is 0.326 e. The molecule has 0 bridgehead atoms. The third kappa shape index (κ3) is 3.94. The maximum absolute atomic E-state index is 12.8. The van der Waals surface area contributed by atoms with E-state index in [1.807, 2.05) is 18.2 Å². The number of nitrogens with zero attached hydrogens (tertiary/aromatic N) is 2. The molecule has 2 atom stereocenters. The van der Waals surface area contributed by atoms with E-state index in [-0.39, 0.29) is 11.9 Å². The van der Waals surface area contributed by atoms with Crippen LogP contribution in [0.5, 0.6) is 0 Å². The minimum Gasteiger partial charge on any atom is -0.480 e. The summed E-state index contributed by atoms with van der Waals surface area (Å²) in [6.45, 7) is 4.11. The molecular formula is C18H24N2O4. The Morgan fingerprint density at radius 3 is 2.67 bits per heavy atom. The third-order valence-electron chi connectivity index (χ3n) is 4.64. The van der Waals surface area contributed by atoms with Gasteiger partial charge in [-0.25, -0.2) is 4.79 Å². The Labute approximate surface area is 142 Å². The van der Waals surface area contributed by atoms with E-state index in [2.05, 4.69) is 17.0 Å². The SMILES string of the molecule is CC(C(=O)O)N(C(=O)C1CN(Cc2ccccc2)CCO1)C1CC1. The molecule has 1 heterocycles. The van der Waals surface area contributed by atoms with Gasteiger partial charge in [-0.05, 0) is 25.3 Å². The fourth-order valence-electron chi connectivity index (χ4n) is 3.16. The van der Waals surface area contributed by atoms with Crippen LogP contribution < -0.4 is 0 Å². The van der Waals surface area contributed by atoms with Gasteiger partial charge in [-0.3, -0.25) is 9.69 Å². The van der Waals surface area contributed by atoms with Crippen molar-refractivity contribution in [1.29, 1.82) is 0 Å². The average Bonchev–Trinajstić information content (AvgIpc) is 3.41. The normalized spacial score (nSPS) is 22.8. The number of aliphatic carboxylic acids is 1. The number of carboxylic acids is 1. The molecule has 3 rings (SSSR count). The number of amides is 1. The molecule has 2 unspecified atom stereocenters. The number of carbonyl (C=O) groups is 2. The monoisotopic (exact) mass is 332 g/mol. The van der Waals surface area contributed by atoms with Crippen molar-refractivity contribution in [2.24, 2.45) is 0 Å². The highest BCUT2D eigenvalue weighted by Crippen LogP contribution is 2.30. The minimum atomic E-state index is -0.966. The standard InChI is InChI=1S/C18H24N2O4/c1-13(18(22)23)20(15-7-8-15)17(21)16-12-19(9-10-24-16)11-14-5-3-2-4-6-14/h2-6,13,15-16H,7-12H2,1H3,(H,22,23). The van der Waals surface area contributed by atoms with Gasteiger partial charge in [0.1, 0.15) is 12.1 Å². The van der Waals surface area contributed by atoms with Gasteiger partial charge < -0.3 is 14.7 Å². The predicted molar refractivity (Wildman–Crippen MR) is 88.4 cm³/mol. The van der Waals surface area contributed by atoms with Gasteiger partial charge in [0.25, 0.3) is 5.91 Å². The lowest BCUT2D eigenvalue weighted by atomic mass is 10.1. The van der Waals surface area contributed by atoms with Crippen molar-refractivity contribution >= 4 is 11.9 Å². The second-order valence-electron chi connectivity index (χ2n) is 6.57. The molecule has 0 aromatic heterocycles. The smallest absolute Gasteiger partial charge is 0.326 e. The number of hydrogen-bond acceptors (Lipinski definition) is 4. The van der Waals surface area contributed by atoms with Crippen molar-refractivity contribution in [3.8, 4) is 0 Å². The zero-order valence-corrected chi connectivity index (χ0v) is 13.9. The van der Waals surface area contributed by atoms with Crippen LogP contribution in [0.3, 0.4) is 0 Å². The van der Waals surface area contributed by atoms with Crippen LogP contribution in [0.1, 0.15) is 25.3 Å². The van der Waals surface area contributed by atoms with Gasteiger partial charge in [0.15, 0.2) is 0 Å². The number of rotatable bonds is 6. The highest BCUT2D eigenvalue weighted by Gasteiger charge is 2.42. The Morgan fingerprint density at radius 1 is 1.33 bits per heavy atom. The van der Waals surface area contributed by atoms with Gasteiger partial charge in [0, 0.05) is 25.7 Å². The fraction of sp³-hybridized carbons (Fsp3) is 0.556. The summed E-state index contributed by atoms with van der Waals surface area (Å²) in [5.41, 5.74) is 1.20. The van der Waals surface area contributed by atoms with Crippen LogP contribution in [0.25, 0.3) is 0 Å². The molecule has 0 spiro atoms. The summed E-state index contributed by atoms with van der Waals surface area (Å²) in [5, 5.41) is 9.28. The average molecular weight is 332 g/mol. The first-order valence-corrected chi connectivity index (χ1v) is 8.49. The first-order chi connectivity index (χ1) is 11.6. The Bertz CT molecular complexity index is 588. The van der Waals surface area contributed by atoms with Crippen molar-refractivity contribution < 1.29 is 19.4 Å². The van der Waals surface area contributed by atoms with E-state index in [1.165, 1.54) is 10.5 Å². The first kappa shape index (κ1) is 16.9. The van der Waals surface area contributed by atoms with Crippen molar-refractivity contribution in [2.45, 2.75) is 44.5 Å². The molecule has 1 aromatic rings. The lowest BCUT2D eigenvalue weighted by Gasteiger charge is -2.36. The summed E-state index contributed by atoms with van der Waals surface area (Å²) in [7, 11) is 0. The van der Waals surface area contributed by atoms with E-state index >= 15 is 0 Å². The van der Waals surface area contributed by atoms with Gasteiger partial charge in [-0.1, -0.05) is 30.3 Å². The lowest BCUT2D eigenvalue weighted by Crippen LogP contribution is -2.54. The van der Waals surface area contributed by atoms with Gasteiger partial charge in [-0.2, -0.15) is 0 Å². The van der Waals surface area contributed by atoms with E-state index in [0.29, 0.717) is 13.2 Å². The quantitative estimate of drug-likeness (QED) is 0.851.